The molecule has 5 heterocycles. The predicted molar refractivity (Wildman–Crippen MR) is 143 cm³/mol. The van der Waals surface area contributed by atoms with Crippen molar-refractivity contribution >= 4 is 33.9 Å². The molecule has 0 unspecified atom stereocenters. The number of carbonyl (C=O) groups is 1. The molecule has 0 atom stereocenters. The molecule has 2 aliphatic heterocycles. The van der Waals surface area contributed by atoms with Gasteiger partial charge in [-0.25, -0.2) is 4.98 Å². The maximum atomic E-state index is 12.5. The van der Waals surface area contributed by atoms with Gasteiger partial charge in [-0.05, 0) is 26.0 Å². The summed E-state index contributed by atoms with van der Waals surface area (Å²) < 4.78 is 15.7. The Hall–Kier alpha value is -3.77. The average molecular weight is 520 g/mol. The highest BCUT2D eigenvalue weighted by molar-refractivity contribution is 5.87. The summed E-state index contributed by atoms with van der Waals surface area (Å²) in [6, 6.07) is 8.46. The maximum absolute atomic E-state index is 12.5. The van der Waals surface area contributed by atoms with Crippen molar-refractivity contribution in [2.45, 2.75) is 38.8 Å². The summed E-state index contributed by atoms with van der Waals surface area (Å²) in [7, 11) is 1.89. The fourth-order valence-electron chi connectivity index (χ4n) is 4.99. The van der Waals surface area contributed by atoms with Crippen LogP contribution < -0.4 is 15.4 Å². The van der Waals surface area contributed by atoms with Gasteiger partial charge in [0.1, 0.15) is 11.9 Å². The number of hydrogen-bond donors (Lipinski definition) is 1. The van der Waals surface area contributed by atoms with Gasteiger partial charge in [0.2, 0.25) is 11.9 Å². The van der Waals surface area contributed by atoms with Crippen molar-refractivity contribution in [1.82, 2.24) is 34.0 Å². The molecule has 6 rings (SSSR count). The van der Waals surface area contributed by atoms with Crippen LogP contribution in [0.2, 0.25) is 0 Å². The monoisotopic (exact) mass is 519 g/mol. The number of likely N-dealkylation sites (tertiary alicyclic amines) is 1. The van der Waals surface area contributed by atoms with E-state index in [1.807, 2.05) is 40.4 Å². The molecule has 0 aliphatic carbocycles. The third kappa shape index (κ3) is 4.13. The Morgan fingerprint density at radius 3 is 2.58 bits per heavy atom. The quantitative estimate of drug-likeness (QED) is 0.402. The first-order valence-electron chi connectivity index (χ1n) is 13.0. The molecule has 0 bridgehead atoms. The maximum Gasteiger partial charge on any atom is 0.298 e. The SMILES string of the molecule is CCc1nc2ccccc2n1-c1nc(N2CCOCC2)c2nc(OC3CN(C(=O)C(C)(C)N)C3)n(C)c2n1. The van der Waals surface area contributed by atoms with Crippen LogP contribution in [-0.2, 0) is 23.0 Å². The molecule has 38 heavy (non-hydrogen) atoms. The van der Waals surface area contributed by atoms with Crippen LogP contribution in [0.4, 0.5) is 5.82 Å². The van der Waals surface area contributed by atoms with E-state index in [-0.39, 0.29) is 12.0 Å². The third-order valence-electron chi connectivity index (χ3n) is 7.06. The second-order valence-corrected chi connectivity index (χ2v) is 10.4. The number of para-hydroxylation sites is 2. The lowest BCUT2D eigenvalue weighted by molar-refractivity contribution is -0.145. The molecule has 0 spiro atoms. The predicted octanol–water partition coefficient (Wildman–Crippen LogP) is 1.43. The fourth-order valence-corrected chi connectivity index (χ4v) is 4.99. The molecule has 1 amide bonds. The fraction of sp³-hybridized carbons (Fsp3) is 0.500. The third-order valence-corrected chi connectivity index (χ3v) is 7.06. The van der Waals surface area contributed by atoms with Gasteiger partial charge in [-0.3, -0.25) is 13.9 Å². The molecule has 200 valence electrons. The number of aryl methyl sites for hydroxylation is 2. The number of rotatable bonds is 6. The first-order valence-corrected chi connectivity index (χ1v) is 13.0. The molecular formula is C26H33N9O3. The standard InChI is InChI=1S/C26H33N9O3/c1-5-19-28-17-8-6-7-9-18(17)35(19)24-30-21-20(22(31-24)33-10-12-37-13-11-33)29-25(32(21)4)38-16-14-34(15-16)23(36)26(2,3)27/h6-9,16H,5,10-15,27H2,1-4H3. The highest BCUT2D eigenvalue weighted by atomic mass is 16.5. The highest BCUT2D eigenvalue weighted by Crippen LogP contribution is 2.31. The number of amides is 1. The molecule has 3 aromatic heterocycles. The minimum absolute atomic E-state index is 0.0910. The minimum atomic E-state index is -0.906. The molecule has 12 nitrogen and oxygen atoms in total. The van der Waals surface area contributed by atoms with Gasteiger partial charge in [-0.15, -0.1) is 0 Å². The molecule has 4 aromatic rings. The van der Waals surface area contributed by atoms with E-state index in [9.17, 15) is 4.79 Å². The van der Waals surface area contributed by atoms with E-state index in [0.29, 0.717) is 62.5 Å². The first kappa shape index (κ1) is 24.6. The van der Waals surface area contributed by atoms with E-state index in [0.717, 1.165) is 29.1 Å². The van der Waals surface area contributed by atoms with Crippen molar-refractivity contribution in [1.29, 1.82) is 0 Å². The summed E-state index contributed by atoms with van der Waals surface area (Å²) in [4.78, 5) is 36.0. The van der Waals surface area contributed by atoms with Crippen molar-refractivity contribution < 1.29 is 14.3 Å². The zero-order valence-electron chi connectivity index (χ0n) is 22.2. The average Bonchev–Trinajstić information content (AvgIpc) is 3.42. The van der Waals surface area contributed by atoms with E-state index >= 15 is 0 Å². The second-order valence-electron chi connectivity index (χ2n) is 10.4. The Morgan fingerprint density at radius 1 is 1.13 bits per heavy atom. The summed E-state index contributed by atoms with van der Waals surface area (Å²) in [5, 5.41) is 0. The first-order chi connectivity index (χ1) is 18.2. The lowest BCUT2D eigenvalue weighted by atomic mass is 10.0. The van der Waals surface area contributed by atoms with Crippen molar-refractivity contribution in [2.75, 3.05) is 44.3 Å². The van der Waals surface area contributed by atoms with Gasteiger partial charge in [0.05, 0.1) is 42.9 Å². The molecule has 0 saturated carbocycles. The lowest BCUT2D eigenvalue weighted by Crippen LogP contribution is -2.62. The Labute approximate surface area is 220 Å². The minimum Gasteiger partial charge on any atom is -0.458 e. The number of nitrogens with zero attached hydrogens (tertiary/aromatic N) is 8. The van der Waals surface area contributed by atoms with Crippen molar-refractivity contribution in [2.24, 2.45) is 12.8 Å². The summed E-state index contributed by atoms with van der Waals surface area (Å²) in [6.45, 7) is 9.10. The number of fused-ring (bicyclic) bond motifs is 2. The molecule has 2 saturated heterocycles. The number of benzene rings is 1. The molecule has 0 radical (unpaired) electrons. The number of aromatic nitrogens is 6. The van der Waals surface area contributed by atoms with Gasteiger partial charge < -0.3 is 25.0 Å². The lowest BCUT2D eigenvalue weighted by Gasteiger charge is -2.41. The number of morpholine rings is 1. The molecule has 2 aliphatic rings. The van der Waals surface area contributed by atoms with Gasteiger partial charge in [0.15, 0.2) is 17.0 Å². The Balaban J connectivity index is 1.41. The molecule has 2 N–H and O–H groups in total. The van der Waals surface area contributed by atoms with Crippen LogP contribution in [0.15, 0.2) is 24.3 Å². The van der Waals surface area contributed by atoms with Crippen LogP contribution in [0.5, 0.6) is 6.01 Å². The zero-order chi connectivity index (χ0) is 26.6. The Kier molecular flexibility index (Phi) is 5.95. The number of anilines is 1. The van der Waals surface area contributed by atoms with Crippen LogP contribution >= 0.6 is 0 Å². The summed E-state index contributed by atoms with van der Waals surface area (Å²) >= 11 is 0. The van der Waals surface area contributed by atoms with E-state index in [2.05, 4.69) is 11.8 Å². The number of ether oxygens (including phenoxy) is 2. The van der Waals surface area contributed by atoms with E-state index < -0.39 is 5.54 Å². The molecule has 1 aromatic carbocycles. The normalized spacial score (nSPS) is 16.9. The van der Waals surface area contributed by atoms with Crippen LogP contribution in [0.25, 0.3) is 28.1 Å². The zero-order valence-corrected chi connectivity index (χ0v) is 22.2. The molecule has 12 heteroatoms. The molecular weight excluding hydrogens is 486 g/mol. The number of nitrogens with two attached hydrogens (primary N) is 1. The topological polar surface area (TPSA) is 129 Å². The summed E-state index contributed by atoms with van der Waals surface area (Å²) in [5.41, 5.74) is 8.27. The highest BCUT2D eigenvalue weighted by Gasteiger charge is 2.38. The van der Waals surface area contributed by atoms with E-state index in [1.54, 1.807) is 18.7 Å². The van der Waals surface area contributed by atoms with Gasteiger partial charge >= 0.3 is 0 Å². The Bertz CT molecular complexity index is 1510. The van der Waals surface area contributed by atoms with Gasteiger partial charge in [0, 0.05) is 26.6 Å². The summed E-state index contributed by atoms with van der Waals surface area (Å²) in [5.74, 6) is 2.09. The van der Waals surface area contributed by atoms with Crippen LogP contribution in [0.1, 0.15) is 26.6 Å². The largest absolute Gasteiger partial charge is 0.458 e. The second kappa shape index (κ2) is 9.21. The van der Waals surface area contributed by atoms with E-state index in [4.69, 9.17) is 35.1 Å². The van der Waals surface area contributed by atoms with Gasteiger partial charge in [-0.2, -0.15) is 15.0 Å². The smallest absolute Gasteiger partial charge is 0.298 e. The van der Waals surface area contributed by atoms with Crippen molar-refractivity contribution in [3.8, 4) is 12.0 Å². The Morgan fingerprint density at radius 2 is 1.87 bits per heavy atom. The molecule has 2 fully saturated rings. The van der Waals surface area contributed by atoms with E-state index in [1.165, 1.54) is 0 Å². The number of hydrogen-bond acceptors (Lipinski definition) is 9. The van der Waals surface area contributed by atoms with Gasteiger partial charge in [0.25, 0.3) is 6.01 Å². The van der Waals surface area contributed by atoms with Gasteiger partial charge in [-0.1, -0.05) is 19.1 Å². The number of imidazole rings is 2. The van der Waals surface area contributed by atoms with Crippen molar-refractivity contribution in [3.05, 3.63) is 30.1 Å². The number of carbonyl (C=O) groups excluding carboxylic acids is 1. The van der Waals surface area contributed by atoms with Crippen LogP contribution in [-0.4, -0.2) is 90.9 Å². The summed E-state index contributed by atoms with van der Waals surface area (Å²) in [6.07, 6.45) is 0.569. The van der Waals surface area contributed by atoms with Crippen LogP contribution in [0.3, 0.4) is 0 Å². The van der Waals surface area contributed by atoms with Crippen LogP contribution in [0, 0.1) is 0 Å². The van der Waals surface area contributed by atoms with Crippen molar-refractivity contribution in [3.63, 3.8) is 0 Å².